The van der Waals surface area contributed by atoms with E-state index in [9.17, 15) is 4.79 Å². The highest BCUT2D eigenvalue weighted by Crippen LogP contribution is 2.18. The fourth-order valence-electron chi connectivity index (χ4n) is 1.84. The largest absolute Gasteiger partial charge is 0.373 e. The molecule has 2 aromatic rings. The van der Waals surface area contributed by atoms with E-state index in [1.54, 1.807) is 25.4 Å². The first-order chi connectivity index (χ1) is 9.99. The first kappa shape index (κ1) is 15.0. The Morgan fingerprint density at radius 3 is 2.52 bits per heavy atom. The van der Waals surface area contributed by atoms with Crippen LogP contribution in [0.25, 0.3) is 0 Å². The van der Waals surface area contributed by atoms with Gasteiger partial charge in [-0.1, -0.05) is 19.9 Å². The molecule has 0 aliphatic rings. The molecule has 1 amide bonds. The maximum Gasteiger partial charge on any atom is 0.257 e. The molecule has 0 aliphatic heterocycles. The third-order valence-electron chi connectivity index (χ3n) is 3.11. The predicted molar refractivity (Wildman–Crippen MR) is 84.8 cm³/mol. The standard InChI is InChI=1S/C16H20N4O/c1-10(2)13-7-12(8-15(17-4)19-13)16(21)20-14-6-5-11(3)9-18-14/h5-10H,1-4H3,(H,17,19)(H,18,20,21). The van der Waals surface area contributed by atoms with Gasteiger partial charge in [0.25, 0.3) is 5.91 Å². The highest BCUT2D eigenvalue weighted by molar-refractivity contribution is 6.04. The molecule has 0 saturated heterocycles. The van der Waals surface area contributed by atoms with Crippen molar-refractivity contribution in [3.05, 3.63) is 47.3 Å². The molecule has 0 atom stereocenters. The van der Waals surface area contributed by atoms with Gasteiger partial charge in [-0.25, -0.2) is 9.97 Å². The van der Waals surface area contributed by atoms with E-state index in [2.05, 4.69) is 20.6 Å². The average molecular weight is 284 g/mol. The van der Waals surface area contributed by atoms with Crippen LogP contribution in [-0.4, -0.2) is 22.9 Å². The van der Waals surface area contributed by atoms with Crippen molar-refractivity contribution >= 4 is 17.5 Å². The summed E-state index contributed by atoms with van der Waals surface area (Å²) in [5, 5.41) is 5.78. The Labute approximate surface area is 124 Å². The highest BCUT2D eigenvalue weighted by atomic mass is 16.1. The number of carbonyl (C=O) groups is 1. The second-order valence-electron chi connectivity index (χ2n) is 5.25. The monoisotopic (exact) mass is 284 g/mol. The Kier molecular flexibility index (Phi) is 4.52. The van der Waals surface area contributed by atoms with Gasteiger partial charge in [0, 0.05) is 24.5 Å². The zero-order chi connectivity index (χ0) is 15.4. The van der Waals surface area contributed by atoms with Gasteiger partial charge in [0.2, 0.25) is 0 Å². The fourth-order valence-corrected chi connectivity index (χ4v) is 1.84. The molecule has 5 nitrogen and oxygen atoms in total. The molecule has 0 radical (unpaired) electrons. The molecule has 0 unspecified atom stereocenters. The Morgan fingerprint density at radius 2 is 1.95 bits per heavy atom. The minimum absolute atomic E-state index is 0.188. The van der Waals surface area contributed by atoms with Crippen LogP contribution in [0.3, 0.4) is 0 Å². The number of hydrogen-bond acceptors (Lipinski definition) is 4. The van der Waals surface area contributed by atoms with Crippen molar-refractivity contribution in [2.45, 2.75) is 26.7 Å². The van der Waals surface area contributed by atoms with E-state index >= 15 is 0 Å². The summed E-state index contributed by atoms with van der Waals surface area (Å²) in [5.41, 5.74) is 2.50. The van der Waals surface area contributed by atoms with Gasteiger partial charge in [0.1, 0.15) is 11.6 Å². The predicted octanol–water partition coefficient (Wildman–Crippen LogP) is 3.20. The average Bonchev–Trinajstić information content (AvgIpc) is 2.49. The van der Waals surface area contributed by atoms with Crippen LogP contribution in [0.15, 0.2) is 30.5 Å². The van der Waals surface area contributed by atoms with Crippen LogP contribution >= 0.6 is 0 Å². The van der Waals surface area contributed by atoms with E-state index < -0.39 is 0 Å². The van der Waals surface area contributed by atoms with Crippen LogP contribution in [0.2, 0.25) is 0 Å². The van der Waals surface area contributed by atoms with Gasteiger partial charge >= 0.3 is 0 Å². The van der Waals surface area contributed by atoms with Crippen LogP contribution in [0.1, 0.15) is 41.4 Å². The van der Waals surface area contributed by atoms with Gasteiger partial charge < -0.3 is 10.6 Å². The Bertz CT molecular complexity index is 635. The van der Waals surface area contributed by atoms with Crippen molar-refractivity contribution in [1.82, 2.24) is 9.97 Å². The number of aromatic nitrogens is 2. The van der Waals surface area contributed by atoms with Crippen LogP contribution in [0.5, 0.6) is 0 Å². The van der Waals surface area contributed by atoms with Crippen LogP contribution in [0.4, 0.5) is 11.6 Å². The zero-order valence-electron chi connectivity index (χ0n) is 12.8. The summed E-state index contributed by atoms with van der Waals surface area (Å²) in [6, 6.07) is 7.24. The quantitative estimate of drug-likeness (QED) is 0.904. The molecule has 0 aromatic carbocycles. The highest BCUT2D eigenvalue weighted by Gasteiger charge is 2.12. The van der Waals surface area contributed by atoms with Crippen molar-refractivity contribution in [2.24, 2.45) is 0 Å². The second-order valence-corrected chi connectivity index (χ2v) is 5.25. The SMILES string of the molecule is CNc1cc(C(=O)Nc2ccc(C)cn2)cc(C(C)C)n1. The lowest BCUT2D eigenvalue weighted by molar-refractivity contribution is 0.102. The number of nitrogens with one attached hydrogen (secondary N) is 2. The molecule has 0 spiro atoms. The van der Waals surface area contributed by atoms with E-state index in [-0.39, 0.29) is 11.8 Å². The lowest BCUT2D eigenvalue weighted by Gasteiger charge is -2.11. The van der Waals surface area contributed by atoms with Crippen molar-refractivity contribution in [3.63, 3.8) is 0 Å². The van der Waals surface area contributed by atoms with Crippen molar-refractivity contribution < 1.29 is 4.79 Å². The van der Waals surface area contributed by atoms with E-state index in [1.807, 2.05) is 32.9 Å². The molecule has 21 heavy (non-hydrogen) atoms. The number of nitrogens with zero attached hydrogens (tertiary/aromatic N) is 2. The van der Waals surface area contributed by atoms with E-state index in [1.165, 1.54) is 0 Å². The number of hydrogen-bond donors (Lipinski definition) is 2. The van der Waals surface area contributed by atoms with Crippen molar-refractivity contribution in [1.29, 1.82) is 0 Å². The lowest BCUT2D eigenvalue weighted by atomic mass is 10.1. The van der Waals surface area contributed by atoms with Gasteiger partial charge in [0.15, 0.2) is 0 Å². The van der Waals surface area contributed by atoms with Crippen LogP contribution in [0, 0.1) is 6.92 Å². The molecule has 110 valence electrons. The third kappa shape index (κ3) is 3.78. The van der Waals surface area contributed by atoms with Crippen LogP contribution < -0.4 is 10.6 Å². The molecule has 0 fully saturated rings. The van der Waals surface area contributed by atoms with Crippen molar-refractivity contribution in [3.8, 4) is 0 Å². The molecule has 2 N–H and O–H groups in total. The Balaban J connectivity index is 2.25. The van der Waals surface area contributed by atoms with Gasteiger partial charge in [-0.2, -0.15) is 0 Å². The first-order valence-electron chi connectivity index (χ1n) is 6.93. The van der Waals surface area contributed by atoms with Gasteiger partial charge in [-0.15, -0.1) is 0 Å². The summed E-state index contributed by atoms with van der Waals surface area (Å²) >= 11 is 0. The first-order valence-corrected chi connectivity index (χ1v) is 6.93. The molecule has 0 saturated carbocycles. The Hall–Kier alpha value is -2.43. The van der Waals surface area contributed by atoms with Crippen LogP contribution in [-0.2, 0) is 0 Å². The van der Waals surface area contributed by atoms with Gasteiger partial charge in [0.05, 0.1) is 0 Å². The topological polar surface area (TPSA) is 66.9 Å². The zero-order valence-corrected chi connectivity index (χ0v) is 12.8. The summed E-state index contributed by atoms with van der Waals surface area (Å²) in [5.74, 6) is 1.29. The molecule has 5 heteroatoms. The van der Waals surface area contributed by atoms with Gasteiger partial charge in [-0.05, 0) is 36.6 Å². The molecular weight excluding hydrogens is 264 g/mol. The van der Waals surface area contributed by atoms with Gasteiger partial charge in [-0.3, -0.25) is 4.79 Å². The second kappa shape index (κ2) is 6.35. The molecule has 0 aliphatic carbocycles. The number of anilines is 2. The molecular formula is C16H20N4O. The smallest absolute Gasteiger partial charge is 0.257 e. The summed E-state index contributed by atoms with van der Waals surface area (Å²) in [6.07, 6.45) is 1.72. The summed E-state index contributed by atoms with van der Waals surface area (Å²) in [7, 11) is 1.79. The summed E-state index contributed by atoms with van der Waals surface area (Å²) < 4.78 is 0. The van der Waals surface area contributed by atoms with E-state index in [0.717, 1.165) is 11.3 Å². The van der Waals surface area contributed by atoms with E-state index in [4.69, 9.17) is 0 Å². The fraction of sp³-hybridized carbons (Fsp3) is 0.312. The lowest BCUT2D eigenvalue weighted by Crippen LogP contribution is -2.14. The Morgan fingerprint density at radius 1 is 1.19 bits per heavy atom. The molecule has 2 aromatic heterocycles. The third-order valence-corrected chi connectivity index (χ3v) is 3.11. The summed E-state index contributed by atoms with van der Waals surface area (Å²) in [4.78, 5) is 21.0. The van der Waals surface area contributed by atoms with Crippen molar-refractivity contribution in [2.75, 3.05) is 17.7 Å². The number of amides is 1. The molecule has 2 rings (SSSR count). The minimum atomic E-state index is -0.188. The maximum atomic E-state index is 12.3. The number of rotatable bonds is 4. The number of pyridine rings is 2. The molecule has 2 heterocycles. The number of aryl methyl sites for hydroxylation is 1. The maximum absolute atomic E-state index is 12.3. The minimum Gasteiger partial charge on any atom is -0.373 e. The summed E-state index contributed by atoms with van der Waals surface area (Å²) in [6.45, 7) is 6.05. The number of carbonyl (C=O) groups excluding carboxylic acids is 1. The molecule has 0 bridgehead atoms. The van der Waals surface area contributed by atoms with E-state index in [0.29, 0.717) is 17.2 Å². The normalized spacial score (nSPS) is 10.5.